The molecular weight excluding hydrogens is 659 g/mol. The van der Waals surface area contributed by atoms with Gasteiger partial charge in [-0.1, -0.05) is 146 Å². The van der Waals surface area contributed by atoms with Gasteiger partial charge in [0, 0.05) is 30.8 Å². The molecule has 292 valence electrons. The van der Waals surface area contributed by atoms with E-state index in [-0.39, 0.29) is 12.1 Å². The first-order valence-electron chi connectivity index (χ1n) is 20.8. The molecule has 0 aromatic carbocycles. The largest absolute Gasteiger partial charge is 0.462 e. The Balaban J connectivity index is 3.99. The molecule has 7 heteroatoms. The summed E-state index contributed by atoms with van der Waals surface area (Å²) in [5.74, 6) is 1.66. The maximum absolute atomic E-state index is 12.4. The average molecular weight is 738 g/mol. The Morgan fingerprint density at radius 2 is 1.16 bits per heavy atom. The van der Waals surface area contributed by atoms with Crippen LogP contribution in [0, 0.1) is 0 Å². The van der Waals surface area contributed by atoms with E-state index in [0.717, 1.165) is 102 Å². The number of hydrogen-bond acceptors (Lipinski definition) is 7. The van der Waals surface area contributed by atoms with Gasteiger partial charge in [0.2, 0.25) is 0 Å². The van der Waals surface area contributed by atoms with Gasteiger partial charge in [0.1, 0.15) is 6.10 Å². The van der Waals surface area contributed by atoms with Crippen molar-refractivity contribution < 1.29 is 18.5 Å². The quantitative estimate of drug-likeness (QED) is 0.0292. The van der Waals surface area contributed by atoms with Crippen LogP contribution in [0.15, 0.2) is 36.5 Å². The standard InChI is InChI=1S/C43H79NO4S2/c1-4-6-8-10-12-14-16-24-30-39-49-43(46)36-28-22-18-20-26-33-41(48-42(45)35-32-37-44-3)34-27-21-19-23-29-38-47-50-40-31-25-17-15-13-11-9-7-5-2/h21,24-25,27,30-31,41,44H,4-20,22-23,26,28-29,32-40H2,1-3H3/b27-21+,30-24-,31-25-. The highest BCUT2D eigenvalue weighted by Gasteiger charge is 2.13. The van der Waals surface area contributed by atoms with E-state index in [2.05, 4.69) is 55.6 Å². The topological polar surface area (TPSA) is 64.6 Å². The Hall–Kier alpha value is -1.02. The number of nitrogens with one attached hydrogen (secondary N) is 1. The van der Waals surface area contributed by atoms with Gasteiger partial charge < -0.3 is 14.2 Å². The highest BCUT2D eigenvalue weighted by atomic mass is 32.2. The third-order valence-electron chi connectivity index (χ3n) is 8.80. The van der Waals surface area contributed by atoms with Gasteiger partial charge in [-0.25, -0.2) is 0 Å². The second-order valence-corrected chi connectivity index (χ2v) is 15.6. The summed E-state index contributed by atoms with van der Waals surface area (Å²) in [4.78, 5) is 24.6. The van der Waals surface area contributed by atoms with Crippen molar-refractivity contribution in [1.82, 2.24) is 5.32 Å². The van der Waals surface area contributed by atoms with Crippen LogP contribution < -0.4 is 5.32 Å². The zero-order valence-electron chi connectivity index (χ0n) is 32.9. The summed E-state index contributed by atoms with van der Waals surface area (Å²) < 4.78 is 11.6. The normalized spacial score (nSPS) is 12.5. The number of carbonyl (C=O) groups excluding carboxylic acids is 2. The molecule has 0 radical (unpaired) electrons. The lowest BCUT2D eigenvalue weighted by Gasteiger charge is -2.16. The smallest absolute Gasteiger partial charge is 0.306 e. The average Bonchev–Trinajstić information content (AvgIpc) is 3.11. The zero-order valence-corrected chi connectivity index (χ0v) is 34.5. The van der Waals surface area contributed by atoms with Crippen molar-refractivity contribution in [2.75, 3.05) is 31.7 Å². The number of allylic oxidation sites excluding steroid dienone is 3. The summed E-state index contributed by atoms with van der Waals surface area (Å²) in [5, 5.41) is 3.42. The van der Waals surface area contributed by atoms with Crippen LogP contribution in [0.3, 0.4) is 0 Å². The molecule has 0 fully saturated rings. The van der Waals surface area contributed by atoms with Crippen LogP contribution in [-0.4, -0.2) is 48.9 Å². The van der Waals surface area contributed by atoms with E-state index in [1.165, 1.54) is 95.2 Å². The highest BCUT2D eigenvalue weighted by molar-refractivity contribution is 8.13. The van der Waals surface area contributed by atoms with Gasteiger partial charge in [0.05, 0.1) is 6.61 Å². The molecule has 0 aliphatic rings. The molecule has 1 N–H and O–H groups in total. The van der Waals surface area contributed by atoms with E-state index in [0.29, 0.717) is 18.0 Å². The molecule has 5 nitrogen and oxygen atoms in total. The summed E-state index contributed by atoms with van der Waals surface area (Å²) in [5.41, 5.74) is 0. The maximum atomic E-state index is 12.4. The predicted molar refractivity (Wildman–Crippen MR) is 223 cm³/mol. The molecule has 0 aromatic heterocycles. The minimum absolute atomic E-state index is 0.0470. The van der Waals surface area contributed by atoms with Crippen molar-refractivity contribution in [1.29, 1.82) is 0 Å². The van der Waals surface area contributed by atoms with Crippen molar-refractivity contribution in [3.63, 3.8) is 0 Å². The van der Waals surface area contributed by atoms with Crippen LogP contribution in [0.25, 0.3) is 0 Å². The van der Waals surface area contributed by atoms with Crippen LogP contribution in [0.5, 0.6) is 0 Å². The number of thioether (sulfide) groups is 1. The first-order valence-corrected chi connectivity index (χ1v) is 22.7. The van der Waals surface area contributed by atoms with Crippen molar-refractivity contribution in [3.8, 4) is 0 Å². The monoisotopic (exact) mass is 738 g/mol. The minimum Gasteiger partial charge on any atom is -0.462 e. The molecule has 1 atom stereocenters. The molecule has 0 aliphatic carbocycles. The fraction of sp³-hybridized carbons (Fsp3) is 0.814. The summed E-state index contributed by atoms with van der Waals surface area (Å²) in [6, 6.07) is 0. The van der Waals surface area contributed by atoms with Crippen LogP contribution in [0.1, 0.15) is 187 Å². The second-order valence-electron chi connectivity index (χ2n) is 13.7. The van der Waals surface area contributed by atoms with E-state index in [1.54, 1.807) is 12.0 Å². The van der Waals surface area contributed by atoms with Gasteiger partial charge in [-0.3, -0.25) is 9.59 Å². The van der Waals surface area contributed by atoms with Crippen molar-refractivity contribution in [2.24, 2.45) is 0 Å². The lowest BCUT2D eigenvalue weighted by molar-refractivity contribution is -0.149. The lowest BCUT2D eigenvalue weighted by atomic mass is 10.0. The van der Waals surface area contributed by atoms with Gasteiger partial charge in [-0.05, 0) is 96.3 Å². The van der Waals surface area contributed by atoms with Crippen LogP contribution in [0.2, 0.25) is 0 Å². The van der Waals surface area contributed by atoms with Gasteiger partial charge in [-0.15, -0.1) is 0 Å². The number of esters is 1. The number of ether oxygens (including phenoxy) is 1. The predicted octanol–water partition coefficient (Wildman–Crippen LogP) is 13.3. The molecule has 0 rings (SSSR count). The Kier molecular flexibility index (Phi) is 41.5. The van der Waals surface area contributed by atoms with Gasteiger partial charge in [-0.2, -0.15) is 0 Å². The molecule has 0 aromatic rings. The van der Waals surface area contributed by atoms with Crippen LogP contribution in [0.4, 0.5) is 0 Å². The molecule has 0 bridgehead atoms. The third kappa shape index (κ3) is 39.8. The van der Waals surface area contributed by atoms with E-state index in [4.69, 9.17) is 8.92 Å². The molecule has 0 spiro atoms. The lowest BCUT2D eigenvalue weighted by Crippen LogP contribution is -2.19. The third-order valence-corrected chi connectivity index (χ3v) is 10.3. The fourth-order valence-corrected chi connectivity index (χ4v) is 6.91. The SMILES string of the molecule is CCCCCCCC/C=C\CSOCCCC/C=C/CC(CCCCCCCC(=O)SC/C=C\CCCCCCCC)OC(=O)CCCNC. The molecule has 0 amide bonds. The fourth-order valence-electron chi connectivity index (χ4n) is 5.66. The molecule has 0 saturated heterocycles. The van der Waals surface area contributed by atoms with Crippen molar-refractivity contribution in [3.05, 3.63) is 36.5 Å². The molecule has 0 aliphatic heterocycles. The number of hydrogen-bond donors (Lipinski definition) is 1. The molecular formula is C43H79NO4S2. The number of unbranched alkanes of at least 4 members (excludes halogenated alkanes) is 18. The van der Waals surface area contributed by atoms with E-state index in [9.17, 15) is 9.59 Å². The van der Waals surface area contributed by atoms with E-state index in [1.807, 2.05) is 7.05 Å². The number of carbonyl (C=O) groups is 2. The first-order chi connectivity index (χ1) is 24.6. The Morgan fingerprint density at radius 3 is 1.82 bits per heavy atom. The molecule has 0 saturated carbocycles. The molecule has 50 heavy (non-hydrogen) atoms. The van der Waals surface area contributed by atoms with Crippen LogP contribution in [-0.2, 0) is 18.5 Å². The summed E-state index contributed by atoms with van der Waals surface area (Å²) in [6.45, 7) is 6.14. The summed E-state index contributed by atoms with van der Waals surface area (Å²) in [6.07, 6.45) is 44.0. The van der Waals surface area contributed by atoms with Gasteiger partial charge in [0.25, 0.3) is 0 Å². The number of rotatable bonds is 39. The van der Waals surface area contributed by atoms with Gasteiger partial charge >= 0.3 is 5.97 Å². The molecule has 0 heterocycles. The summed E-state index contributed by atoms with van der Waals surface area (Å²) in [7, 11) is 1.91. The van der Waals surface area contributed by atoms with E-state index < -0.39 is 0 Å². The minimum atomic E-state index is -0.0844. The Labute approximate surface area is 319 Å². The highest BCUT2D eigenvalue weighted by Crippen LogP contribution is 2.17. The van der Waals surface area contributed by atoms with E-state index >= 15 is 0 Å². The zero-order chi connectivity index (χ0) is 36.4. The van der Waals surface area contributed by atoms with Crippen LogP contribution >= 0.6 is 23.8 Å². The van der Waals surface area contributed by atoms with Crippen molar-refractivity contribution >= 4 is 34.9 Å². The molecule has 1 unspecified atom stereocenters. The first kappa shape index (κ1) is 49.0. The maximum Gasteiger partial charge on any atom is 0.306 e. The Bertz CT molecular complexity index is 817. The second kappa shape index (κ2) is 42.4. The van der Waals surface area contributed by atoms with Gasteiger partial charge in [0.15, 0.2) is 5.12 Å². The van der Waals surface area contributed by atoms with Crippen molar-refractivity contribution in [2.45, 2.75) is 193 Å². The Morgan fingerprint density at radius 1 is 0.600 bits per heavy atom. The summed E-state index contributed by atoms with van der Waals surface area (Å²) >= 11 is 3.02.